The van der Waals surface area contributed by atoms with Crippen molar-refractivity contribution in [2.24, 2.45) is 0 Å². The highest BCUT2D eigenvalue weighted by Gasteiger charge is 2.21. The Hall–Kier alpha value is -2.86. The molecule has 0 unspecified atom stereocenters. The third-order valence-corrected chi connectivity index (χ3v) is 3.90. The molecule has 0 radical (unpaired) electrons. The van der Waals surface area contributed by atoms with E-state index in [2.05, 4.69) is 5.32 Å². The first-order valence-corrected chi connectivity index (χ1v) is 8.20. The van der Waals surface area contributed by atoms with E-state index >= 15 is 0 Å². The number of carbonyl (C=O) groups excluding carboxylic acids is 3. The molecule has 0 heterocycles. The van der Waals surface area contributed by atoms with E-state index in [4.69, 9.17) is 21.1 Å². The monoisotopic (exact) mass is 375 g/mol. The molecule has 0 aliphatic rings. The van der Waals surface area contributed by atoms with Gasteiger partial charge in [-0.1, -0.05) is 35.9 Å². The number of methoxy groups -OCH3 is 1. The fourth-order valence-electron chi connectivity index (χ4n) is 2.19. The molecular formula is C19H18ClNO5. The van der Waals surface area contributed by atoms with Gasteiger partial charge < -0.3 is 14.8 Å². The molecule has 0 saturated heterocycles. The molecule has 0 saturated carbocycles. The number of halogens is 1. The van der Waals surface area contributed by atoms with Gasteiger partial charge in [-0.2, -0.15) is 0 Å². The lowest BCUT2D eigenvalue weighted by atomic mass is 10.1. The molecule has 0 spiro atoms. The third-order valence-electron chi connectivity index (χ3n) is 3.57. The van der Waals surface area contributed by atoms with E-state index in [9.17, 15) is 14.4 Å². The second kappa shape index (κ2) is 9.01. The van der Waals surface area contributed by atoms with Gasteiger partial charge in [0.25, 0.3) is 5.91 Å². The number of esters is 1. The van der Waals surface area contributed by atoms with Crippen LogP contribution in [0.4, 0.5) is 0 Å². The van der Waals surface area contributed by atoms with Crippen LogP contribution in [-0.4, -0.2) is 37.4 Å². The summed E-state index contributed by atoms with van der Waals surface area (Å²) in [6, 6.07) is 12.2. The van der Waals surface area contributed by atoms with E-state index in [1.165, 1.54) is 14.0 Å². The lowest BCUT2D eigenvalue weighted by Crippen LogP contribution is -2.40. The van der Waals surface area contributed by atoms with Gasteiger partial charge in [0.2, 0.25) is 5.78 Å². The van der Waals surface area contributed by atoms with E-state index in [-0.39, 0.29) is 10.6 Å². The highest BCUT2D eigenvalue weighted by molar-refractivity contribution is 6.33. The van der Waals surface area contributed by atoms with E-state index in [0.717, 1.165) is 0 Å². The molecule has 136 valence electrons. The second-order valence-corrected chi connectivity index (χ2v) is 5.81. The van der Waals surface area contributed by atoms with Crippen molar-refractivity contribution in [1.29, 1.82) is 0 Å². The minimum absolute atomic E-state index is 0.249. The van der Waals surface area contributed by atoms with Crippen LogP contribution < -0.4 is 10.1 Å². The van der Waals surface area contributed by atoms with Crippen LogP contribution in [0.25, 0.3) is 0 Å². The molecule has 2 aromatic rings. The summed E-state index contributed by atoms with van der Waals surface area (Å²) in [5.41, 5.74) is 0.564. The van der Waals surface area contributed by atoms with Crippen LogP contribution in [0.2, 0.25) is 5.02 Å². The lowest BCUT2D eigenvalue weighted by Gasteiger charge is -2.14. The van der Waals surface area contributed by atoms with Crippen molar-refractivity contribution in [3.05, 3.63) is 64.7 Å². The predicted molar refractivity (Wildman–Crippen MR) is 96.7 cm³/mol. The van der Waals surface area contributed by atoms with Gasteiger partial charge in [0.05, 0.1) is 23.3 Å². The summed E-state index contributed by atoms with van der Waals surface area (Å²) in [6.07, 6.45) is 0. The summed E-state index contributed by atoms with van der Waals surface area (Å²) < 4.78 is 10.1. The number of amides is 1. The Morgan fingerprint density at radius 1 is 1.04 bits per heavy atom. The molecule has 0 aromatic heterocycles. The van der Waals surface area contributed by atoms with Gasteiger partial charge in [0, 0.05) is 0 Å². The third kappa shape index (κ3) is 4.83. The van der Waals surface area contributed by atoms with Crippen molar-refractivity contribution in [3.8, 4) is 5.75 Å². The molecule has 1 amide bonds. The first-order valence-electron chi connectivity index (χ1n) is 7.82. The molecule has 7 heteroatoms. The SMILES string of the molecule is COc1ccccc1C(=O)COC(=O)[C@@H](C)NC(=O)c1ccccc1Cl. The Morgan fingerprint density at radius 2 is 1.65 bits per heavy atom. The Bertz CT molecular complexity index is 821. The minimum Gasteiger partial charge on any atom is -0.496 e. The van der Waals surface area contributed by atoms with Crippen LogP contribution in [0.1, 0.15) is 27.6 Å². The summed E-state index contributed by atoms with van der Waals surface area (Å²) in [5.74, 6) is -1.24. The number of benzene rings is 2. The molecule has 2 aromatic carbocycles. The number of hydrogen-bond donors (Lipinski definition) is 1. The zero-order valence-corrected chi connectivity index (χ0v) is 15.1. The van der Waals surface area contributed by atoms with E-state index < -0.39 is 30.3 Å². The van der Waals surface area contributed by atoms with Gasteiger partial charge in [0.1, 0.15) is 11.8 Å². The van der Waals surface area contributed by atoms with Crippen molar-refractivity contribution >= 4 is 29.3 Å². The summed E-state index contributed by atoms with van der Waals surface area (Å²) in [5, 5.41) is 2.76. The molecular weight excluding hydrogens is 358 g/mol. The van der Waals surface area contributed by atoms with Crippen LogP contribution >= 0.6 is 11.6 Å². The molecule has 26 heavy (non-hydrogen) atoms. The average Bonchev–Trinajstić information content (AvgIpc) is 2.65. The molecule has 0 bridgehead atoms. The summed E-state index contributed by atoms with van der Waals surface area (Å²) >= 11 is 5.95. The zero-order valence-electron chi connectivity index (χ0n) is 14.3. The van der Waals surface area contributed by atoms with Gasteiger partial charge in [0.15, 0.2) is 6.61 Å². The quantitative estimate of drug-likeness (QED) is 0.594. The van der Waals surface area contributed by atoms with Crippen LogP contribution in [0.5, 0.6) is 5.75 Å². The van der Waals surface area contributed by atoms with Crippen LogP contribution in [0.3, 0.4) is 0 Å². The maximum atomic E-state index is 12.2. The van der Waals surface area contributed by atoms with Gasteiger partial charge in [-0.25, -0.2) is 4.79 Å². The van der Waals surface area contributed by atoms with Gasteiger partial charge in [-0.15, -0.1) is 0 Å². The Morgan fingerprint density at radius 3 is 2.31 bits per heavy atom. The Kier molecular flexibility index (Phi) is 6.74. The molecule has 1 N–H and O–H groups in total. The highest BCUT2D eigenvalue weighted by Crippen LogP contribution is 2.18. The molecule has 0 aliphatic carbocycles. The Balaban J connectivity index is 1.92. The van der Waals surface area contributed by atoms with Crippen LogP contribution in [0, 0.1) is 0 Å². The van der Waals surface area contributed by atoms with Gasteiger partial charge in [-0.05, 0) is 31.2 Å². The number of nitrogens with one attached hydrogen (secondary N) is 1. The molecule has 0 aliphatic heterocycles. The summed E-state index contributed by atoms with van der Waals surface area (Å²) in [6.45, 7) is 1.01. The topological polar surface area (TPSA) is 81.7 Å². The molecule has 6 nitrogen and oxygen atoms in total. The Labute approximate surface area is 156 Å². The number of carbonyl (C=O) groups is 3. The highest BCUT2D eigenvalue weighted by atomic mass is 35.5. The standard InChI is InChI=1S/C19H18ClNO5/c1-12(21-18(23)13-7-3-5-9-15(13)20)19(24)26-11-16(22)14-8-4-6-10-17(14)25-2/h3-10,12H,11H2,1-2H3,(H,21,23)/t12-/m1/s1. The van der Waals surface area contributed by atoms with Crippen molar-refractivity contribution in [2.45, 2.75) is 13.0 Å². The second-order valence-electron chi connectivity index (χ2n) is 5.41. The number of hydrogen-bond acceptors (Lipinski definition) is 5. The molecule has 1 atom stereocenters. The zero-order chi connectivity index (χ0) is 19.1. The predicted octanol–water partition coefficient (Wildman–Crippen LogP) is 2.89. The fraction of sp³-hybridized carbons (Fsp3) is 0.211. The fourth-order valence-corrected chi connectivity index (χ4v) is 2.41. The first-order chi connectivity index (χ1) is 12.4. The maximum Gasteiger partial charge on any atom is 0.328 e. The number of Topliss-reactive ketones (excluding diaryl/α,β-unsaturated/α-hetero) is 1. The number of ether oxygens (including phenoxy) is 2. The number of para-hydroxylation sites is 1. The van der Waals surface area contributed by atoms with Crippen molar-refractivity contribution in [3.63, 3.8) is 0 Å². The van der Waals surface area contributed by atoms with E-state index in [0.29, 0.717) is 11.3 Å². The number of rotatable bonds is 7. The van der Waals surface area contributed by atoms with E-state index in [1.54, 1.807) is 48.5 Å². The normalized spacial score (nSPS) is 11.3. The summed E-state index contributed by atoms with van der Waals surface area (Å²) in [4.78, 5) is 36.3. The average molecular weight is 376 g/mol. The smallest absolute Gasteiger partial charge is 0.328 e. The largest absolute Gasteiger partial charge is 0.496 e. The van der Waals surface area contributed by atoms with Crippen LogP contribution in [0.15, 0.2) is 48.5 Å². The molecule has 0 fully saturated rings. The van der Waals surface area contributed by atoms with Gasteiger partial charge >= 0.3 is 5.97 Å². The van der Waals surface area contributed by atoms with E-state index in [1.807, 2.05) is 0 Å². The van der Waals surface area contributed by atoms with Crippen molar-refractivity contribution in [2.75, 3.05) is 13.7 Å². The number of ketones is 1. The lowest BCUT2D eigenvalue weighted by molar-refractivity contribution is -0.144. The first kappa shape index (κ1) is 19.5. The maximum absolute atomic E-state index is 12.2. The molecule has 2 rings (SSSR count). The van der Waals surface area contributed by atoms with Crippen molar-refractivity contribution in [1.82, 2.24) is 5.32 Å². The van der Waals surface area contributed by atoms with Crippen LogP contribution in [-0.2, 0) is 9.53 Å². The van der Waals surface area contributed by atoms with Gasteiger partial charge in [-0.3, -0.25) is 9.59 Å². The summed E-state index contributed by atoms with van der Waals surface area (Å²) in [7, 11) is 1.45. The minimum atomic E-state index is -0.941. The van der Waals surface area contributed by atoms with Crippen molar-refractivity contribution < 1.29 is 23.9 Å².